The Morgan fingerprint density at radius 2 is 1.78 bits per heavy atom. The van der Waals surface area contributed by atoms with Crippen LogP contribution in [0.4, 0.5) is 0 Å². The summed E-state index contributed by atoms with van der Waals surface area (Å²) in [7, 11) is 0. The zero-order valence-corrected chi connectivity index (χ0v) is 20.2. The molecule has 2 saturated heterocycles. The van der Waals surface area contributed by atoms with Crippen LogP contribution in [0.1, 0.15) is 79.1 Å². The van der Waals surface area contributed by atoms with Crippen molar-refractivity contribution in [2.45, 2.75) is 109 Å². The average molecular weight is 447 g/mol. The van der Waals surface area contributed by atoms with Crippen LogP contribution in [-0.2, 0) is 9.47 Å². The number of hydrogen-bond donors (Lipinski definition) is 3. The molecule has 4 aliphatic carbocycles. The van der Waals surface area contributed by atoms with Gasteiger partial charge >= 0.3 is 0 Å². The summed E-state index contributed by atoms with van der Waals surface area (Å²) in [4.78, 5) is 0. The first-order chi connectivity index (χ1) is 15.0. The van der Waals surface area contributed by atoms with Crippen LogP contribution >= 0.6 is 0 Å². The Balaban J connectivity index is 1.32. The summed E-state index contributed by atoms with van der Waals surface area (Å²) in [6.45, 7) is 10.1. The number of hydrogen-bond acceptors (Lipinski definition) is 5. The molecule has 3 saturated carbocycles. The standard InChI is InChI=1S/C27H42O5/c1-15-5-10-27(31-14-15)16(2)23-22(32-27)11-19-17-6-9-26(30)13-21(29)20(28)12-25(26,4)18(17)7-8-24(19,23)3/h7,15-17,19-23,28-30H,5-6,8-14H2,1-4H3. The third-order valence-corrected chi connectivity index (χ3v) is 11.5. The SMILES string of the molecule is CC1CCC2(OC1)OC1CC3C4CCC5(O)CC(O)C(O)CC5(C)C4=CCC3(C)C1C2C. The van der Waals surface area contributed by atoms with Gasteiger partial charge in [-0.25, -0.2) is 0 Å². The van der Waals surface area contributed by atoms with E-state index in [1.807, 2.05) is 0 Å². The van der Waals surface area contributed by atoms with E-state index in [0.717, 1.165) is 32.3 Å². The van der Waals surface area contributed by atoms with Gasteiger partial charge in [0, 0.05) is 24.2 Å². The van der Waals surface area contributed by atoms with Crippen LogP contribution in [0.2, 0.25) is 0 Å². The summed E-state index contributed by atoms with van der Waals surface area (Å²) >= 11 is 0. The molecule has 180 valence electrons. The van der Waals surface area contributed by atoms with Crippen molar-refractivity contribution in [2.24, 2.45) is 40.4 Å². The van der Waals surface area contributed by atoms with Gasteiger partial charge in [-0.2, -0.15) is 0 Å². The smallest absolute Gasteiger partial charge is 0.171 e. The molecule has 12 atom stereocenters. The molecule has 0 aromatic heterocycles. The normalized spacial score (nSPS) is 61.5. The Morgan fingerprint density at radius 1 is 1.03 bits per heavy atom. The van der Waals surface area contributed by atoms with Crippen molar-refractivity contribution in [2.75, 3.05) is 6.61 Å². The monoisotopic (exact) mass is 446 g/mol. The number of rotatable bonds is 0. The molecule has 1 spiro atoms. The minimum Gasteiger partial charge on any atom is -0.390 e. The summed E-state index contributed by atoms with van der Waals surface area (Å²) in [5.74, 6) is 2.11. The van der Waals surface area contributed by atoms with Crippen LogP contribution in [0, 0.1) is 40.4 Å². The average Bonchev–Trinajstić information content (AvgIpc) is 3.17. The molecule has 0 bridgehead atoms. The number of fused-ring (bicyclic) bond motifs is 7. The van der Waals surface area contributed by atoms with E-state index in [9.17, 15) is 15.3 Å². The maximum absolute atomic E-state index is 11.6. The van der Waals surface area contributed by atoms with Crippen LogP contribution in [-0.4, -0.2) is 51.6 Å². The first-order valence-electron chi connectivity index (χ1n) is 13.1. The second-order valence-corrected chi connectivity index (χ2v) is 13.0. The largest absolute Gasteiger partial charge is 0.390 e. The zero-order valence-electron chi connectivity index (χ0n) is 20.2. The van der Waals surface area contributed by atoms with E-state index in [-0.39, 0.29) is 23.7 Å². The number of aliphatic hydroxyl groups excluding tert-OH is 2. The summed E-state index contributed by atoms with van der Waals surface area (Å²) in [5.41, 5.74) is 0.164. The Kier molecular flexibility index (Phi) is 4.69. The number of ether oxygens (including phenoxy) is 2. The molecule has 0 radical (unpaired) electrons. The van der Waals surface area contributed by atoms with E-state index in [1.54, 1.807) is 0 Å². The van der Waals surface area contributed by atoms with Gasteiger partial charge in [-0.1, -0.05) is 39.3 Å². The Bertz CT molecular complexity index is 817. The lowest BCUT2D eigenvalue weighted by atomic mass is 9.46. The minimum atomic E-state index is -0.920. The van der Waals surface area contributed by atoms with Gasteiger partial charge in [0.05, 0.1) is 30.5 Å². The molecule has 6 rings (SSSR count). The lowest BCUT2D eigenvalue weighted by molar-refractivity contribution is -0.272. The van der Waals surface area contributed by atoms with Crippen LogP contribution < -0.4 is 0 Å². The van der Waals surface area contributed by atoms with Gasteiger partial charge in [0.1, 0.15) is 0 Å². The molecule has 32 heavy (non-hydrogen) atoms. The van der Waals surface area contributed by atoms with Crippen molar-refractivity contribution in [3.63, 3.8) is 0 Å². The zero-order chi connectivity index (χ0) is 22.7. The highest BCUT2D eigenvalue weighted by molar-refractivity contribution is 5.34. The van der Waals surface area contributed by atoms with Crippen molar-refractivity contribution in [1.29, 1.82) is 0 Å². The second kappa shape index (κ2) is 6.81. The Hall–Kier alpha value is -0.460. The number of allylic oxidation sites excluding steroid dienone is 1. The molecule has 12 unspecified atom stereocenters. The van der Waals surface area contributed by atoms with Crippen molar-refractivity contribution in [3.05, 3.63) is 11.6 Å². The molecule has 6 aliphatic rings. The summed E-state index contributed by atoms with van der Waals surface area (Å²) in [5, 5.41) is 32.4. The first-order valence-corrected chi connectivity index (χ1v) is 13.1. The second-order valence-electron chi connectivity index (χ2n) is 13.0. The fourth-order valence-electron chi connectivity index (χ4n) is 9.54. The summed E-state index contributed by atoms with van der Waals surface area (Å²) in [6.07, 6.45) is 7.79. The predicted octanol–water partition coefficient (Wildman–Crippen LogP) is 3.80. The molecule has 5 heteroatoms. The van der Waals surface area contributed by atoms with Crippen molar-refractivity contribution >= 4 is 0 Å². The molecule has 5 nitrogen and oxygen atoms in total. The molecule has 2 aliphatic heterocycles. The third kappa shape index (κ3) is 2.64. The maximum Gasteiger partial charge on any atom is 0.171 e. The van der Waals surface area contributed by atoms with Crippen LogP contribution in [0.15, 0.2) is 11.6 Å². The van der Waals surface area contributed by atoms with E-state index in [0.29, 0.717) is 42.4 Å². The number of aliphatic hydroxyl groups is 3. The van der Waals surface area contributed by atoms with Gasteiger partial charge < -0.3 is 24.8 Å². The fourth-order valence-corrected chi connectivity index (χ4v) is 9.54. The van der Waals surface area contributed by atoms with E-state index in [2.05, 4.69) is 33.8 Å². The first kappa shape index (κ1) is 22.0. The maximum atomic E-state index is 11.6. The highest BCUT2D eigenvalue weighted by Gasteiger charge is 2.69. The van der Waals surface area contributed by atoms with E-state index in [4.69, 9.17) is 9.47 Å². The van der Waals surface area contributed by atoms with Crippen molar-refractivity contribution in [3.8, 4) is 0 Å². The minimum absolute atomic E-state index is 0.187. The van der Waals surface area contributed by atoms with Crippen molar-refractivity contribution in [1.82, 2.24) is 0 Å². The third-order valence-electron chi connectivity index (χ3n) is 11.5. The molecular formula is C27H42O5. The lowest BCUT2D eigenvalue weighted by Gasteiger charge is -2.61. The van der Waals surface area contributed by atoms with Crippen LogP contribution in [0.5, 0.6) is 0 Å². The van der Waals surface area contributed by atoms with Gasteiger partial charge in [0.25, 0.3) is 0 Å². The molecule has 5 fully saturated rings. The van der Waals surface area contributed by atoms with E-state index >= 15 is 0 Å². The molecule has 0 amide bonds. The lowest BCUT2D eigenvalue weighted by Crippen LogP contribution is -2.62. The van der Waals surface area contributed by atoms with Gasteiger partial charge in [0.15, 0.2) is 5.79 Å². The molecular weight excluding hydrogens is 404 g/mol. The van der Waals surface area contributed by atoms with Crippen LogP contribution in [0.3, 0.4) is 0 Å². The van der Waals surface area contributed by atoms with Crippen LogP contribution in [0.25, 0.3) is 0 Å². The van der Waals surface area contributed by atoms with Gasteiger partial charge in [-0.15, -0.1) is 0 Å². The molecule has 0 aromatic carbocycles. The van der Waals surface area contributed by atoms with Gasteiger partial charge in [0.2, 0.25) is 0 Å². The summed E-state index contributed by atoms with van der Waals surface area (Å²) < 4.78 is 13.2. The Labute approximate surface area is 192 Å². The van der Waals surface area contributed by atoms with Crippen molar-refractivity contribution < 1.29 is 24.8 Å². The van der Waals surface area contributed by atoms with E-state index in [1.165, 1.54) is 12.0 Å². The predicted molar refractivity (Wildman–Crippen MR) is 121 cm³/mol. The summed E-state index contributed by atoms with van der Waals surface area (Å²) in [6, 6.07) is 0. The molecule has 2 heterocycles. The van der Waals surface area contributed by atoms with Gasteiger partial charge in [-0.3, -0.25) is 0 Å². The fraction of sp³-hybridized carbons (Fsp3) is 0.926. The molecule has 0 aromatic rings. The van der Waals surface area contributed by atoms with E-state index < -0.39 is 23.2 Å². The molecule has 3 N–H and O–H groups in total. The highest BCUT2D eigenvalue weighted by Crippen LogP contribution is 2.70. The quantitative estimate of drug-likeness (QED) is 0.493. The van der Waals surface area contributed by atoms with Gasteiger partial charge in [-0.05, 0) is 67.6 Å². The topological polar surface area (TPSA) is 79.2 Å². The Morgan fingerprint density at radius 3 is 2.50 bits per heavy atom. The highest BCUT2D eigenvalue weighted by atomic mass is 16.7.